The number of aromatic nitrogens is 4. The van der Waals surface area contributed by atoms with Crippen LogP contribution in [-0.2, 0) is 17.6 Å². The molecule has 3 aromatic rings. The van der Waals surface area contributed by atoms with Gasteiger partial charge in [-0.2, -0.15) is 0 Å². The number of hydrogen-bond acceptors (Lipinski definition) is 5. The molecule has 36 heavy (non-hydrogen) atoms. The van der Waals surface area contributed by atoms with Crippen molar-refractivity contribution in [1.29, 1.82) is 0 Å². The molecule has 4 aliphatic carbocycles. The second kappa shape index (κ2) is 9.66. The van der Waals surface area contributed by atoms with E-state index >= 15 is 0 Å². The highest BCUT2D eigenvalue weighted by Gasteiger charge is 2.51. The molecule has 4 saturated carbocycles. The van der Waals surface area contributed by atoms with Crippen LogP contribution in [0.15, 0.2) is 47.9 Å². The predicted molar refractivity (Wildman–Crippen MR) is 143 cm³/mol. The molecule has 7 rings (SSSR count). The zero-order chi connectivity index (χ0) is 24.7. The smallest absolute Gasteiger partial charge is 0.230 e. The number of thioether (sulfide) groups is 1. The lowest BCUT2D eigenvalue weighted by Gasteiger charge is -2.56. The summed E-state index contributed by atoms with van der Waals surface area (Å²) in [6.45, 7) is 4.36. The minimum Gasteiger partial charge on any atom is -0.350 e. The van der Waals surface area contributed by atoms with E-state index in [1.165, 1.54) is 61.4 Å². The Kier molecular flexibility index (Phi) is 6.36. The number of amides is 1. The lowest BCUT2D eigenvalue weighted by molar-refractivity contribution is -0.124. The molecule has 0 radical (unpaired) electrons. The average Bonchev–Trinajstić information content (AvgIpc) is 3.29. The lowest BCUT2D eigenvalue weighted by Crippen LogP contribution is -2.60. The van der Waals surface area contributed by atoms with E-state index in [-0.39, 0.29) is 11.4 Å². The predicted octanol–water partition coefficient (Wildman–Crippen LogP) is 5.63. The van der Waals surface area contributed by atoms with E-state index < -0.39 is 0 Å². The van der Waals surface area contributed by atoms with Crippen LogP contribution in [0.1, 0.15) is 63.5 Å². The maximum Gasteiger partial charge on any atom is 0.230 e. The summed E-state index contributed by atoms with van der Waals surface area (Å²) in [5.41, 5.74) is 4.59. The summed E-state index contributed by atoms with van der Waals surface area (Å²) in [6.07, 6.45) is 13.0. The van der Waals surface area contributed by atoms with Crippen LogP contribution < -0.4 is 5.32 Å². The summed E-state index contributed by atoms with van der Waals surface area (Å²) in [6, 6.07) is 10.4. The molecule has 188 valence electrons. The van der Waals surface area contributed by atoms with Crippen LogP contribution in [0, 0.1) is 17.8 Å². The van der Waals surface area contributed by atoms with Gasteiger partial charge >= 0.3 is 0 Å². The van der Waals surface area contributed by atoms with Gasteiger partial charge in [0.2, 0.25) is 5.91 Å². The van der Waals surface area contributed by atoms with Crippen LogP contribution in [0.25, 0.3) is 17.1 Å². The number of para-hydroxylation sites is 1. The number of benzene rings is 1. The number of aryl methyl sites for hydroxylation is 2. The fourth-order valence-electron chi connectivity index (χ4n) is 7.47. The molecule has 0 unspecified atom stereocenters. The maximum absolute atomic E-state index is 13.3. The summed E-state index contributed by atoms with van der Waals surface area (Å²) in [7, 11) is 0. The van der Waals surface area contributed by atoms with Crippen molar-refractivity contribution in [1.82, 2.24) is 25.1 Å². The zero-order valence-electron chi connectivity index (χ0n) is 21.2. The van der Waals surface area contributed by atoms with E-state index in [0.717, 1.165) is 52.8 Å². The third-order valence-corrected chi connectivity index (χ3v) is 9.45. The van der Waals surface area contributed by atoms with Crippen molar-refractivity contribution in [2.24, 2.45) is 17.8 Å². The van der Waals surface area contributed by atoms with Crippen LogP contribution in [0.2, 0.25) is 0 Å². The maximum atomic E-state index is 13.3. The van der Waals surface area contributed by atoms with Gasteiger partial charge in [0.05, 0.1) is 11.4 Å². The average molecular weight is 502 g/mol. The lowest BCUT2D eigenvalue weighted by atomic mass is 9.53. The molecule has 7 heteroatoms. The van der Waals surface area contributed by atoms with Gasteiger partial charge in [0.15, 0.2) is 11.0 Å². The highest BCUT2D eigenvalue weighted by atomic mass is 32.2. The standard InChI is InChI=1S/C29H35N5OS/c1-3-22-7-5-8-23(4-2)26(22)34-27(24-9-6-10-30-17-24)32-33-28(34)36-18-25(35)31-29-14-19-11-20(15-29)13-21(12-19)16-29/h5-10,17,19-21H,3-4,11-16,18H2,1-2H3,(H,31,35). The highest BCUT2D eigenvalue weighted by Crippen LogP contribution is 2.55. The summed E-state index contributed by atoms with van der Waals surface area (Å²) < 4.78 is 2.15. The molecule has 0 atom stereocenters. The topological polar surface area (TPSA) is 72.7 Å². The number of hydrogen-bond donors (Lipinski definition) is 1. The first-order chi connectivity index (χ1) is 17.6. The van der Waals surface area contributed by atoms with Crippen LogP contribution in [0.5, 0.6) is 0 Å². The molecule has 1 N–H and O–H groups in total. The number of nitrogens with one attached hydrogen (secondary N) is 1. The molecule has 4 bridgehead atoms. The molecule has 0 aliphatic heterocycles. The van der Waals surface area contributed by atoms with Crippen LogP contribution in [0.3, 0.4) is 0 Å². The Balaban J connectivity index is 1.29. The van der Waals surface area contributed by atoms with E-state index in [1.54, 1.807) is 6.20 Å². The van der Waals surface area contributed by atoms with E-state index in [4.69, 9.17) is 0 Å². The number of nitrogens with zero attached hydrogens (tertiary/aromatic N) is 4. The van der Waals surface area contributed by atoms with Gasteiger partial charge in [-0.15, -0.1) is 10.2 Å². The number of carbonyl (C=O) groups is 1. The van der Waals surface area contributed by atoms with E-state index in [0.29, 0.717) is 5.75 Å². The first-order valence-electron chi connectivity index (χ1n) is 13.5. The van der Waals surface area contributed by atoms with Crippen LogP contribution >= 0.6 is 11.8 Å². The zero-order valence-corrected chi connectivity index (χ0v) is 22.1. The van der Waals surface area contributed by atoms with E-state index in [9.17, 15) is 4.79 Å². The van der Waals surface area contributed by atoms with Gasteiger partial charge in [-0.3, -0.25) is 14.3 Å². The van der Waals surface area contributed by atoms with Crippen LogP contribution in [0.4, 0.5) is 0 Å². The monoisotopic (exact) mass is 501 g/mol. The largest absolute Gasteiger partial charge is 0.350 e. The van der Waals surface area contributed by atoms with Crippen molar-refractivity contribution in [3.05, 3.63) is 53.9 Å². The number of pyridine rings is 1. The van der Waals surface area contributed by atoms with Crippen molar-refractivity contribution in [2.75, 3.05) is 5.75 Å². The quantitative estimate of drug-likeness (QED) is 0.405. The highest BCUT2D eigenvalue weighted by molar-refractivity contribution is 7.99. The Labute approximate surface area is 217 Å². The minimum atomic E-state index is 0.0329. The van der Waals surface area contributed by atoms with Crippen LogP contribution in [-0.4, -0.2) is 36.9 Å². The first-order valence-corrected chi connectivity index (χ1v) is 14.5. The molecule has 4 fully saturated rings. The van der Waals surface area contributed by atoms with Gasteiger partial charge in [-0.25, -0.2) is 0 Å². The summed E-state index contributed by atoms with van der Waals surface area (Å²) in [5.74, 6) is 3.68. The summed E-state index contributed by atoms with van der Waals surface area (Å²) in [5, 5.41) is 13.4. The molecule has 2 aromatic heterocycles. The van der Waals surface area contributed by atoms with Gasteiger partial charge in [-0.05, 0) is 92.4 Å². The van der Waals surface area contributed by atoms with Crippen molar-refractivity contribution in [3.63, 3.8) is 0 Å². The van der Waals surface area contributed by atoms with Crippen molar-refractivity contribution < 1.29 is 4.79 Å². The Hall–Kier alpha value is -2.67. The van der Waals surface area contributed by atoms with Gasteiger partial charge in [0.1, 0.15) is 0 Å². The Bertz CT molecular complexity index is 1200. The molecule has 6 nitrogen and oxygen atoms in total. The SMILES string of the molecule is CCc1cccc(CC)c1-n1c(SCC(=O)NC23CC4CC(CC(C4)C2)C3)nnc1-c1cccnc1. The Morgan fingerprint density at radius 2 is 1.67 bits per heavy atom. The fraction of sp³-hybridized carbons (Fsp3) is 0.517. The van der Waals surface area contributed by atoms with Crippen molar-refractivity contribution in [2.45, 2.75) is 75.9 Å². The number of rotatable bonds is 8. The van der Waals surface area contributed by atoms with Crippen molar-refractivity contribution in [3.8, 4) is 17.1 Å². The second-order valence-corrected chi connectivity index (χ2v) is 12.0. The molecule has 1 aromatic carbocycles. The first kappa shape index (κ1) is 23.7. The Morgan fingerprint density at radius 1 is 1.00 bits per heavy atom. The third kappa shape index (κ3) is 4.36. The fourth-order valence-corrected chi connectivity index (χ4v) is 8.21. The molecule has 4 aliphatic rings. The van der Waals surface area contributed by atoms with Gasteiger partial charge in [0.25, 0.3) is 0 Å². The van der Waals surface area contributed by atoms with E-state index in [2.05, 4.69) is 57.1 Å². The summed E-state index contributed by atoms with van der Waals surface area (Å²) >= 11 is 1.49. The summed E-state index contributed by atoms with van der Waals surface area (Å²) in [4.78, 5) is 17.6. The van der Waals surface area contributed by atoms with E-state index in [1.807, 2.05) is 18.3 Å². The number of carbonyl (C=O) groups excluding carboxylic acids is 1. The minimum absolute atomic E-state index is 0.0329. The van der Waals surface area contributed by atoms with Gasteiger partial charge in [0, 0.05) is 23.5 Å². The Morgan fingerprint density at radius 3 is 2.25 bits per heavy atom. The molecular weight excluding hydrogens is 466 g/mol. The van der Waals surface area contributed by atoms with Crippen molar-refractivity contribution >= 4 is 17.7 Å². The van der Waals surface area contributed by atoms with Gasteiger partial charge in [-0.1, -0.05) is 43.8 Å². The molecular formula is C29H35N5OS. The molecule has 0 saturated heterocycles. The molecule has 2 heterocycles. The normalized spacial score (nSPS) is 26.3. The molecule has 1 amide bonds. The molecule has 0 spiro atoms. The second-order valence-electron chi connectivity index (χ2n) is 11.1. The third-order valence-electron chi connectivity index (χ3n) is 8.52. The van der Waals surface area contributed by atoms with Gasteiger partial charge < -0.3 is 5.32 Å².